The summed E-state index contributed by atoms with van der Waals surface area (Å²) in [7, 11) is 5.91. The number of benzene rings is 1. The maximum absolute atomic E-state index is 8.02. The molecule has 0 amide bonds. The van der Waals surface area contributed by atoms with E-state index in [1.54, 1.807) is 13.1 Å². The minimum atomic E-state index is 0.456. The molecule has 0 unspecified atom stereocenters. The van der Waals surface area contributed by atoms with Crippen molar-refractivity contribution < 1.29 is 0 Å². The molecule has 5 heteroatoms. The second-order valence-corrected chi connectivity index (χ2v) is 8.47. The van der Waals surface area contributed by atoms with E-state index >= 15 is 0 Å². The fourth-order valence-corrected chi connectivity index (χ4v) is 3.87. The first-order valence-electron chi connectivity index (χ1n) is 11.2. The van der Waals surface area contributed by atoms with E-state index in [0.717, 1.165) is 35.5 Å². The first-order chi connectivity index (χ1) is 15.3. The highest BCUT2D eigenvalue weighted by molar-refractivity contribution is 6.00. The lowest BCUT2D eigenvalue weighted by atomic mass is 9.98. The summed E-state index contributed by atoms with van der Waals surface area (Å²) in [6.07, 6.45) is 11.9. The summed E-state index contributed by atoms with van der Waals surface area (Å²) < 4.78 is 0. The lowest BCUT2D eigenvalue weighted by Gasteiger charge is -2.30. The number of piperidine rings is 1. The van der Waals surface area contributed by atoms with E-state index in [4.69, 9.17) is 5.41 Å². The summed E-state index contributed by atoms with van der Waals surface area (Å²) in [5.41, 5.74) is 7.48. The third-order valence-electron chi connectivity index (χ3n) is 5.49. The van der Waals surface area contributed by atoms with Crippen LogP contribution >= 0.6 is 0 Å². The third kappa shape index (κ3) is 6.91. The van der Waals surface area contributed by atoms with Gasteiger partial charge < -0.3 is 25.8 Å². The largest absolute Gasteiger partial charge is 0.393 e. The summed E-state index contributed by atoms with van der Waals surface area (Å²) in [5, 5.41) is 14.4. The van der Waals surface area contributed by atoms with Crippen LogP contribution in [0.25, 0.3) is 5.57 Å². The number of allylic oxidation sites excluding steroid dienone is 4. The zero-order valence-electron chi connectivity index (χ0n) is 20.4. The van der Waals surface area contributed by atoms with Gasteiger partial charge in [-0.15, -0.1) is 0 Å². The predicted molar refractivity (Wildman–Crippen MR) is 140 cm³/mol. The molecular formula is C27H39N5. The number of nitrogens with zero attached hydrogens (tertiary/aromatic N) is 2. The maximum Gasteiger partial charge on any atom is 0.0417 e. The van der Waals surface area contributed by atoms with Crippen LogP contribution in [-0.4, -0.2) is 49.7 Å². The number of nitrogens with one attached hydrogen (secondary N) is 3. The molecule has 0 aromatic heterocycles. The Bertz CT molecular complexity index is 927. The monoisotopic (exact) mass is 433 g/mol. The van der Waals surface area contributed by atoms with Crippen molar-refractivity contribution in [2.45, 2.75) is 33.1 Å². The zero-order chi connectivity index (χ0) is 23.7. The molecule has 1 aromatic rings. The van der Waals surface area contributed by atoms with Gasteiger partial charge in [0.25, 0.3) is 0 Å². The van der Waals surface area contributed by atoms with Crippen molar-refractivity contribution in [2.24, 2.45) is 0 Å². The molecular weight excluding hydrogens is 394 g/mol. The fourth-order valence-electron chi connectivity index (χ4n) is 3.87. The number of hydrogen-bond acceptors (Lipinski definition) is 5. The molecule has 172 valence electrons. The van der Waals surface area contributed by atoms with Gasteiger partial charge in [-0.05, 0) is 74.1 Å². The van der Waals surface area contributed by atoms with E-state index in [1.807, 2.05) is 27.2 Å². The standard InChI is InChI=1S/C27H39N5/c1-8-25(32-14-10-9-11-15-32)16-23(19-31(6)7)26-17-24(13-12-20(26)2)30-22(4)27(18-29-5)21(3)28/h8,12-13,16-19,28-30H,1,4,9-11,14-15H2,2-3,5-7H3/b23-19+,25-16+,27-18+,28-21?. The topological polar surface area (TPSA) is 54.4 Å². The fraction of sp³-hybridized carbons (Fsp3) is 0.370. The smallest absolute Gasteiger partial charge is 0.0417 e. The highest BCUT2D eigenvalue weighted by Crippen LogP contribution is 2.28. The molecule has 1 fully saturated rings. The highest BCUT2D eigenvalue weighted by Gasteiger charge is 2.14. The van der Waals surface area contributed by atoms with Crippen LogP contribution in [-0.2, 0) is 0 Å². The van der Waals surface area contributed by atoms with Crippen LogP contribution in [0.3, 0.4) is 0 Å². The molecule has 3 N–H and O–H groups in total. The molecule has 1 saturated heterocycles. The molecule has 0 aliphatic carbocycles. The molecule has 0 bridgehead atoms. The van der Waals surface area contributed by atoms with Crippen LogP contribution in [0.4, 0.5) is 5.69 Å². The Morgan fingerprint density at radius 3 is 2.44 bits per heavy atom. The Kier molecular flexibility index (Phi) is 9.39. The van der Waals surface area contributed by atoms with Gasteiger partial charge in [-0.2, -0.15) is 0 Å². The number of anilines is 1. The molecule has 0 saturated carbocycles. The second kappa shape index (κ2) is 12.0. The van der Waals surface area contributed by atoms with E-state index in [-0.39, 0.29) is 0 Å². The average molecular weight is 434 g/mol. The van der Waals surface area contributed by atoms with Gasteiger partial charge in [-0.25, -0.2) is 0 Å². The maximum atomic E-state index is 8.02. The first-order valence-corrected chi connectivity index (χ1v) is 11.2. The van der Waals surface area contributed by atoms with Crippen molar-refractivity contribution >= 4 is 17.0 Å². The zero-order valence-corrected chi connectivity index (χ0v) is 20.4. The van der Waals surface area contributed by atoms with Gasteiger partial charge >= 0.3 is 0 Å². The van der Waals surface area contributed by atoms with Crippen LogP contribution < -0.4 is 10.6 Å². The van der Waals surface area contributed by atoms with Gasteiger partial charge in [0.05, 0.1) is 0 Å². The number of hydrogen-bond donors (Lipinski definition) is 3. The van der Waals surface area contributed by atoms with Gasteiger partial charge in [-0.1, -0.05) is 19.2 Å². The van der Waals surface area contributed by atoms with Crippen LogP contribution in [0, 0.1) is 12.3 Å². The minimum absolute atomic E-state index is 0.456. The molecule has 0 atom stereocenters. The Balaban J connectivity index is 2.43. The van der Waals surface area contributed by atoms with Gasteiger partial charge in [0.1, 0.15) is 0 Å². The minimum Gasteiger partial charge on any atom is -0.393 e. The van der Waals surface area contributed by atoms with Crippen LogP contribution in [0.2, 0.25) is 0 Å². The number of rotatable bonds is 10. The average Bonchev–Trinajstić information content (AvgIpc) is 2.76. The van der Waals surface area contributed by atoms with Gasteiger partial charge in [0.2, 0.25) is 0 Å². The second-order valence-electron chi connectivity index (χ2n) is 8.47. The molecule has 2 rings (SSSR count). The Morgan fingerprint density at radius 1 is 1.19 bits per heavy atom. The molecule has 1 aliphatic rings. The molecule has 32 heavy (non-hydrogen) atoms. The predicted octanol–water partition coefficient (Wildman–Crippen LogP) is 5.52. The summed E-state index contributed by atoms with van der Waals surface area (Å²) in [6.45, 7) is 14.3. The quantitative estimate of drug-likeness (QED) is 0.336. The van der Waals surface area contributed by atoms with Crippen LogP contribution in [0.15, 0.2) is 72.9 Å². The summed E-state index contributed by atoms with van der Waals surface area (Å²) >= 11 is 0. The Morgan fingerprint density at radius 2 is 1.88 bits per heavy atom. The number of aryl methyl sites for hydroxylation is 1. The van der Waals surface area contributed by atoms with Crippen molar-refractivity contribution in [2.75, 3.05) is 39.5 Å². The summed E-state index contributed by atoms with van der Waals surface area (Å²) in [6, 6.07) is 6.32. The lowest BCUT2D eigenvalue weighted by Crippen LogP contribution is -2.28. The van der Waals surface area contributed by atoms with Crippen molar-refractivity contribution in [3.05, 3.63) is 84.0 Å². The van der Waals surface area contributed by atoms with Crippen molar-refractivity contribution in [3.63, 3.8) is 0 Å². The normalized spacial score (nSPS) is 15.3. The van der Waals surface area contributed by atoms with Gasteiger partial charge in [0.15, 0.2) is 0 Å². The van der Waals surface area contributed by atoms with E-state index in [0.29, 0.717) is 11.4 Å². The molecule has 1 heterocycles. The first kappa shape index (κ1) is 25.1. The van der Waals surface area contributed by atoms with Gasteiger partial charge in [0, 0.05) is 75.0 Å². The van der Waals surface area contributed by atoms with E-state index in [2.05, 4.69) is 71.0 Å². The van der Waals surface area contributed by atoms with Crippen LogP contribution in [0.1, 0.15) is 37.3 Å². The summed E-state index contributed by atoms with van der Waals surface area (Å²) in [4.78, 5) is 4.51. The lowest BCUT2D eigenvalue weighted by molar-refractivity contribution is 0.293. The van der Waals surface area contributed by atoms with Gasteiger partial charge in [-0.3, -0.25) is 0 Å². The summed E-state index contributed by atoms with van der Waals surface area (Å²) in [5.74, 6) is 0. The van der Waals surface area contributed by atoms with Crippen molar-refractivity contribution in [1.29, 1.82) is 5.41 Å². The van der Waals surface area contributed by atoms with Crippen molar-refractivity contribution in [1.82, 2.24) is 15.1 Å². The van der Waals surface area contributed by atoms with E-state index in [1.165, 1.54) is 30.5 Å². The Hall–Kier alpha value is -3.21. The molecule has 0 spiro atoms. The van der Waals surface area contributed by atoms with E-state index < -0.39 is 0 Å². The molecule has 1 aromatic carbocycles. The molecule has 5 nitrogen and oxygen atoms in total. The van der Waals surface area contributed by atoms with Crippen LogP contribution in [0.5, 0.6) is 0 Å². The SMILES string of the molecule is C=C/C(=C\C(=C/N(C)C)c1cc(NC(=C)/C(=C/NC)C(C)=N)ccc1C)N1CCCCC1. The Labute approximate surface area is 194 Å². The van der Waals surface area contributed by atoms with E-state index in [9.17, 15) is 0 Å². The molecule has 1 aliphatic heterocycles. The molecule has 0 radical (unpaired) electrons. The third-order valence-corrected chi connectivity index (χ3v) is 5.49. The highest BCUT2D eigenvalue weighted by atomic mass is 15.1. The number of likely N-dealkylation sites (tertiary alicyclic amines) is 1. The van der Waals surface area contributed by atoms with Crippen molar-refractivity contribution in [3.8, 4) is 0 Å².